The first kappa shape index (κ1) is 17.0. The molecule has 0 spiro atoms. The van der Waals surface area contributed by atoms with Gasteiger partial charge in [0.05, 0.1) is 6.61 Å². The number of aromatic nitrogens is 4. The SMILES string of the molecule is CCCCCN(CCO)c1ccnc2nc(N3CCCCC3)nn12. The van der Waals surface area contributed by atoms with Gasteiger partial charge in [0.15, 0.2) is 0 Å². The van der Waals surface area contributed by atoms with Crippen LogP contribution < -0.4 is 9.80 Å². The van der Waals surface area contributed by atoms with Crippen molar-refractivity contribution in [3.63, 3.8) is 0 Å². The molecule has 0 saturated carbocycles. The summed E-state index contributed by atoms with van der Waals surface area (Å²) in [6.07, 6.45) is 8.94. The molecule has 1 aliphatic heterocycles. The predicted octanol–water partition coefficient (Wildman–Crippen LogP) is 2.10. The summed E-state index contributed by atoms with van der Waals surface area (Å²) in [6, 6.07) is 1.96. The van der Waals surface area contributed by atoms with Crippen LogP contribution in [-0.4, -0.2) is 57.5 Å². The third-order valence-electron chi connectivity index (χ3n) is 4.57. The van der Waals surface area contributed by atoms with Crippen molar-refractivity contribution in [2.24, 2.45) is 0 Å². The maximum atomic E-state index is 9.42. The number of hydrogen-bond acceptors (Lipinski definition) is 6. The summed E-state index contributed by atoms with van der Waals surface area (Å²) in [4.78, 5) is 13.4. The Bertz CT molecular complexity index is 637. The van der Waals surface area contributed by atoms with Gasteiger partial charge in [0.25, 0.3) is 5.78 Å². The normalized spacial score (nSPS) is 15.2. The molecule has 0 aliphatic carbocycles. The van der Waals surface area contributed by atoms with Crippen LogP contribution in [0.1, 0.15) is 45.4 Å². The Hall–Kier alpha value is -1.89. The molecule has 132 valence electrons. The molecule has 24 heavy (non-hydrogen) atoms. The molecule has 0 radical (unpaired) electrons. The van der Waals surface area contributed by atoms with Gasteiger partial charge < -0.3 is 14.9 Å². The average Bonchev–Trinajstić information content (AvgIpc) is 3.06. The maximum absolute atomic E-state index is 9.42. The van der Waals surface area contributed by atoms with Crippen LogP contribution >= 0.6 is 0 Å². The fraction of sp³-hybridized carbons (Fsp3) is 0.706. The van der Waals surface area contributed by atoms with Gasteiger partial charge in [-0.3, -0.25) is 0 Å². The van der Waals surface area contributed by atoms with Gasteiger partial charge in [0, 0.05) is 32.4 Å². The Labute approximate surface area is 143 Å². The van der Waals surface area contributed by atoms with Gasteiger partial charge in [-0.05, 0) is 31.7 Å². The number of piperidine rings is 1. The second-order valence-corrected chi connectivity index (χ2v) is 6.39. The van der Waals surface area contributed by atoms with Gasteiger partial charge in [-0.2, -0.15) is 9.50 Å². The minimum absolute atomic E-state index is 0.129. The van der Waals surface area contributed by atoms with Crippen molar-refractivity contribution in [1.82, 2.24) is 19.6 Å². The first-order valence-electron chi connectivity index (χ1n) is 9.16. The third-order valence-corrected chi connectivity index (χ3v) is 4.57. The van der Waals surface area contributed by atoms with E-state index in [9.17, 15) is 5.11 Å². The Morgan fingerprint density at radius 1 is 1.17 bits per heavy atom. The lowest BCUT2D eigenvalue weighted by molar-refractivity contribution is 0.301. The molecule has 0 amide bonds. The lowest BCUT2D eigenvalue weighted by Crippen LogP contribution is -2.31. The van der Waals surface area contributed by atoms with Crippen LogP contribution in [0.25, 0.3) is 5.78 Å². The fourth-order valence-electron chi connectivity index (χ4n) is 3.25. The highest BCUT2D eigenvalue weighted by atomic mass is 16.3. The zero-order chi connectivity index (χ0) is 16.8. The van der Waals surface area contributed by atoms with Crippen LogP contribution in [0.15, 0.2) is 12.3 Å². The quantitative estimate of drug-likeness (QED) is 0.747. The number of anilines is 2. The van der Waals surface area contributed by atoms with E-state index < -0.39 is 0 Å². The van der Waals surface area contributed by atoms with E-state index in [1.807, 2.05) is 10.6 Å². The summed E-state index contributed by atoms with van der Waals surface area (Å²) in [5.74, 6) is 2.36. The topological polar surface area (TPSA) is 69.8 Å². The highest BCUT2D eigenvalue weighted by molar-refractivity contribution is 5.49. The Kier molecular flexibility index (Phi) is 5.85. The van der Waals surface area contributed by atoms with Crippen LogP contribution in [0.4, 0.5) is 11.8 Å². The van der Waals surface area contributed by atoms with Crippen molar-refractivity contribution in [3.8, 4) is 0 Å². The van der Waals surface area contributed by atoms with Gasteiger partial charge >= 0.3 is 0 Å². The number of fused-ring (bicyclic) bond motifs is 1. The molecular formula is C17H28N6O. The molecule has 3 rings (SSSR count). The summed E-state index contributed by atoms with van der Waals surface area (Å²) >= 11 is 0. The van der Waals surface area contributed by atoms with Crippen molar-refractivity contribution in [1.29, 1.82) is 0 Å². The van der Waals surface area contributed by atoms with Crippen LogP contribution in [0.5, 0.6) is 0 Å². The van der Waals surface area contributed by atoms with E-state index in [-0.39, 0.29) is 6.61 Å². The summed E-state index contributed by atoms with van der Waals surface area (Å²) in [7, 11) is 0. The van der Waals surface area contributed by atoms with Gasteiger partial charge in [0.2, 0.25) is 5.95 Å². The lowest BCUT2D eigenvalue weighted by atomic mass is 10.1. The average molecular weight is 332 g/mol. The summed E-state index contributed by atoms with van der Waals surface area (Å²) in [5.41, 5.74) is 0. The molecule has 0 unspecified atom stereocenters. The van der Waals surface area contributed by atoms with E-state index in [0.717, 1.165) is 37.8 Å². The number of unbranched alkanes of at least 4 members (excludes halogenated alkanes) is 2. The molecule has 2 aromatic heterocycles. The molecule has 1 fully saturated rings. The summed E-state index contributed by atoms with van der Waals surface area (Å²) in [6.45, 7) is 5.87. The van der Waals surface area contributed by atoms with E-state index in [1.165, 1.54) is 32.1 Å². The van der Waals surface area contributed by atoms with Crippen molar-refractivity contribution >= 4 is 17.5 Å². The predicted molar refractivity (Wildman–Crippen MR) is 95.7 cm³/mol. The van der Waals surface area contributed by atoms with Crippen LogP contribution in [0, 0.1) is 0 Å². The molecule has 7 heteroatoms. The van der Waals surface area contributed by atoms with Crippen molar-refractivity contribution in [3.05, 3.63) is 12.3 Å². The molecule has 2 aromatic rings. The first-order chi connectivity index (χ1) is 11.8. The van der Waals surface area contributed by atoms with Crippen molar-refractivity contribution in [2.45, 2.75) is 45.4 Å². The maximum Gasteiger partial charge on any atom is 0.255 e. The standard InChI is InChI=1S/C17H28N6O/c1-2-3-5-10-21(13-14-24)15-8-9-18-16-19-17(20-23(15)16)22-11-6-4-7-12-22/h8-9,24H,2-7,10-14H2,1H3. The molecule has 1 saturated heterocycles. The van der Waals surface area contributed by atoms with Crippen LogP contribution in [0.3, 0.4) is 0 Å². The van der Waals surface area contributed by atoms with E-state index in [1.54, 1.807) is 6.20 Å². The molecule has 1 aliphatic rings. The van der Waals surface area contributed by atoms with E-state index >= 15 is 0 Å². The van der Waals surface area contributed by atoms with Gasteiger partial charge in [-0.15, -0.1) is 5.10 Å². The molecule has 3 heterocycles. The molecule has 0 aromatic carbocycles. The lowest BCUT2D eigenvalue weighted by Gasteiger charge is -2.25. The Morgan fingerprint density at radius 2 is 2.00 bits per heavy atom. The number of aliphatic hydroxyl groups excluding tert-OH is 1. The second kappa shape index (κ2) is 8.28. The van der Waals surface area contributed by atoms with E-state index in [4.69, 9.17) is 5.10 Å². The van der Waals surface area contributed by atoms with E-state index in [0.29, 0.717) is 12.3 Å². The van der Waals surface area contributed by atoms with Crippen molar-refractivity contribution < 1.29 is 5.11 Å². The fourth-order valence-corrected chi connectivity index (χ4v) is 3.25. The Balaban J connectivity index is 1.86. The molecule has 0 bridgehead atoms. The molecular weight excluding hydrogens is 304 g/mol. The first-order valence-corrected chi connectivity index (χ1v) is 9.16. The summed E-state index contributed by atoms with van der Waals surface area (Å²) < 4.78 is 1.82. The zero-order valence-electron chi connectivity index (χ0n) is 14.6. The molecule has 1 N–H and O–H groups in total. The number of hydrogen-bond donors (Lipinski definition) is 1. The number of nitrogens with zero attached hydrogens (tertiary/aromatic N) is 6. The smallest absolute Gasteiger partial charge is 0.255 e. The number of rotatable bonds is 8. The zero-order valence-corrected chi connectivity index (χ0v) is 14.6. The van der Waals surface area contributed by atoms with Gasteiger partial charge in [-0.1, -0.05) is 19.8 Å². The van der Waals surface area contributed by atoms with Crippen molar-refractivity contribution in [2.75, 3.05) is 42.6 Å². The minimum atomic E-state index is 0.129. The monoisotopic (exact) mass is 332 g/mol. The van der Waals surface area contributed by atoms with Gasteiger partial charge in [-0.25, -0.2) is 4.98 Å². The third kappa shape index (κ3) is 3.77. The highest BCUT2D eigenvalue weighted by Crippen LogP contribution is 2.20. The molecule has 7 nitrogen and oxygen atoms in total. The number of aliphatic hydroxyl groups is 1. The van der Waals surface area contributed by atoms with E-state index in [2.05, 4.69) is 26.7 Å². The summed E-state index contributed by atoms with van der Waals surface area (Å²) in [5, 5.41) is 14.1. The highest BCUT2D eigenvalue weighted by Gasteiger charge is 2.18. The minimum Gasteiger partial charge on any atom is -0.395 e. The Morgan fingerprint density at radius 3 is 2.75 bits per heavy atom. The van der Waals surface area contributed by atoms with Gasteiger partial charge in [0.1, 0.15) is 5.82 Å². The van der Waals surface area contributed by atoms with Crippen LogP contribution in [-0.2, 0) is 0 Å². The molecule has 0 atom stereocenters. The second-order valence-electron chi connectivity index (χ2n) is 6.39. The largest absolute Gasteiger partial charge is 0.395 e. The van der Waals surface area contributed by atoms with Crippen LogP contribution in [0.2, 0.25) is 0 Å².